The van der Waals surface area contributed by atoms with E-state index in [9.17, 15) is 19.2 Å². The molecule has 8 nitrogen and oxygen atoms in total. The number of β-lactam (4-membered cyclic amide) rings is 1. The van der Waals surface area contributed by atoms with E-state index in [4.69, 9.17) is 9.47 Å². The molecule has 41 heavy (non-hydrogen) atoms. The van der Waals surface area contributed by atoms with Crippen molar-refractivity contribution < 1.29 is 28.7 Å². The summed E-state index contributed by atoms with van der Waals surface area (Å²) >= 11 is 1.48. The predicted molar refractivity (Wildman–Crippen MR) is 156 cm³/mol. The number of hydrogen-bond acceptors (Lipinski definition) is 7. The molecule has 1 saturated heterocycles. The van der Waals surface area contributed by atoms with Crippen LogP contribution in [-0.4, -0.2) is 53.2 Å². The molecule has 0 saturated carbocycles. The molecule has 208 valence electrons. The molecule has 0 radical (unpaired) electrons. The Bertz CT molecular complexity index is 1500. The van der Waals surface area contributed by atoms with Gasteiger partial charge in [-0.05, 0) is 34.4 Å². The predicted octanol–water partition coefficient (Wildman–Crippen LogP) is 4.16. The number of esters is 1. The molecule has 2 aliphatic rings. The fraction of sp³-hybridized carbons (Fsp3) is 0.188. The van der Waals surface area contributed by atoms with Gasteiger partial charge in [0.25, 0.3) is 5.91 Å². The summed E-state index contributed by atoms with van der Waals surface area (Å²) in [4.78, 5) is 51.8. The zero-order valence-electron chi connectivity index (χ0n) is 22.3. The highest BCUT2D eigenvalue weighted by Gasteiger charge is 2.54. The number of nitrogens with one attached hydrogen (secondary N) is 1. The number of fused-ring (bicyclic) bond motifs is 1. The van der Waals surface area contributed by atoms with Gasteiger partial charge in [0, 0.05) is 11.3 Å². The Morgan fingerprint density at radius 1 is 0.951 bits per heavy atom. The van der Waals surface area contributed by atoms with Gasteiger partial charge >= 0.3 is 5.97 Å². The average Bonchev–Trinajstić information content (AvgIpc) is 3.02. The van der Waals surface area contributed by atoms with Gasteiger partial charge < -0.3 is 14.8 Å². The Hall–Kier alpha value is -4.63. The number of amides is 2. The molecular formula is C32H28N2O6S. The highest BCUT2D eigenvalue weighted by Crippen LogP contribution is 2.41. The van der Waals surface area contributed by atoms with Gasteiger partial charge in [-0.15, -0.1) is 11.8 Å². The van der Waals surface area contributed by atoms with Crippen LogP contribution in [0.25, 0.3) is 6.08 Å². The topological polar surface area (TPSA) is 102 Å². The van der Waals surface area contributed by atoms with Crippen LogP contribution in [-0.2, 0) is 32.1 Å². The van der Waals surface area contributed by atoms with Crippen molar-refractivity contribution in [3.63, 3.8) is 0 Å². The summed E-state index contributed by atoms with van der Waals surface area (Å²) in [5, 5.41) is 2.42. The molecule has 0 aliphatic carbocycles. The van der Waals surface area contributed by atoms with Gasteiger partial charge in [0.1, 0.15) is 35.8 Å². The number of benzene rings is 3. The Labute approximate surface area is 242 Å². The maximum absolute atomic E-state index is 13.4. The lowest BCUT2D eigenvalue weighted by molar-refractivity contribution is -0.153. The smallest absolute Gasteiger partial charge is 0.355 e. The lowest BCUT2D eigenvalue weighted by Gasteiger charge is -2.49. The van der Waals surface area contributed by atoms with Gasteiger partial charge in [0.2, 0.25) is 5.91 Å². The fourth-order valence-corrected chi connectivity index (χ4v) is 5.91. The largest absolute Gasteiger partial charge is 0.497 e. The molecule has 2 aliphatic heterocycles. The van der Waals surface area contributed by atoms with Crippen LogP contribution in [0.4, 0.5) is 0 Å². The number of methoxy groups -OCH3 is 1. The van der Waals surface area contributed by atoms with E-state index >= 15 is 0 Å². The maximum Gasteiger partial charge on any atom is 0.355 e. The van der Waals surface area contributed by atoms with Crippen LogP contribution in [0.1, 0.15) is 27.0 Å². The second-order valence-corrected chi connectivity index (χ2v) is 10.6. The molecule has 3 aromatic rings. The van der Waals surface area contributed by atoms with Crippen molar-refractivity contribution in [2.45, 2.75) is 24.4 Å². The van der Waals surface area contributed by atoms with Crippen LogP contribution in [0.3, 0.4) is 0 Å². The molecule has 0 aromatic heterocycles. The SMILES string of the molecule is COc1ccc(COC(=O)C2=C(/C=C\c3ccc(C=O)cc3)CS[C@@H]3[C@H](NC(=O)Cc4ccccc4)C(=O)N23)cc1. The molecule has 0 spiro atoms. The van der Waals surface area contributed by atoms with Crippen molar-refractivity contribution in [1.29, 1.82) is 0 Å². The van der Waals surface area contributed by atoms with E-state index in [1.54, 1.807) is 61.7 Å². The summed E-state index contributed by atoms with van der Waals surface area (Å²) in [5.74, 6) is -0.109. The van der Waals surface area contributed by atoms with E-state index in [1.807, 2.05) is 36.4 Å². The Balaban J connectivity index is 1.35. The Morgan fingerprint density at radius 2 is 1.66 bits per heavy atom. The first kappa shape index (κ1) is 27.9. The number of hydrogen-bond donors (Lipinski definition) is 1. The molecule has 1 fully saturated rings. The van der Waals surface area contributed by atoms with Crippen molar-refractivity contribution in [1.82, 2.24) is 10.2 Å². The molecule has 9 heteroatoms. The zero-order valence-corrected chi connectivity index (χ0v) is 23.1. The van der Waals surface area contributed by atoms with Crippen LogP contribution in [0, 0.1) is 0 Å². The number of carbonyl (C=O) groups is 4. The monoisotopic (exact) mass is 568 g/mol. The minimum absolute atomic E-state index is 0.0214. The minimum atomic E-state index is -0.734. The molecule has 0 unspecified atom stereocenters. The third kappa shape index (κ3) is 6.41. The van der Waals surface area contributed by atoms with Gasteiger partial charge in [0.05, 0.1) is 13.5 Å². The molecule has 3 aromatic carbocycles. The van der Waals surface area contributed by atoms with E-state index in [0.717, 1.165) is 23.0 Å². The van der Waals surface area contributed by atoms with Crippen LogP contribution in [0.5, 0.6) is 5.75 Å². The summed E-state index contributed by atoms with van der Waals surface area (Å²) in [6.45, 7) is 0.0214. The Morgan fingerprint density at radius 3 is 2.34 bits per heavy atom. The van der Waals surface area contributed by atoms with Crippen LogP contribution in [0.15, 0.2) is 96.2 Å². The number of rotatable bonds is 10. The second-order valence-electron chi connectivity index (χ2n) is 9.53. The van der Waals surface area contributed by atoms with Crippen molar-refractivity contribution in [2.24, 2.45) is 0 Å². The third-order valence-electron chi connectivity index (χ3n) is 6.79. The summed E-state index contributed by atoms with van der Waals surface area (Å²) < 4.78 is 10.8. The summed E-state index contributed by atoms with van der Waals surface area (Å²) in [7, 11) is 1.58. The first-order chi connectivity index (χ1) is 20.0. The van der Waals surface area contributed by atoms with Gasteiger partial charge in [-0.3, -0.25) is 19.3 Å². The third-order valence-corrected chi connectivity index (χ3v) is 8.10. The molecule has 1 N–H and O–H groups in total. The molecular weight excluding hydrogens is 540 g/mol. The highest BCUT2D eigenvalue weighted by atomic mass is 32.2. The summed E-state index contributed by atoms with van der Waals surface area (Å²) in [5.41, 5.74) is 3.82. The normalized spacial score (nSPS) is 18.0. The van der Waals surface area contributed by atoms with Gasteiger partial charge in [-0.25, -0.2) is 4.79 Å². The van der Waals surface area contributed by atoms with Gasteiger partial charge in [-0.2, -0.15) is 0 Å². The lowest BCUT2D eigenvalue weighted by atomic mass is 10.0. The number of ether oxygens (including phenoxy) is 2. The first-order valence-electron chi connectivity index (χ1n) is 13.0. The fourth-order valence-electron chi connectivity index (χ4n) is 4.59. The quantitative estimate of drug-likeness (QED) is 0.223. The maximum atomic E-state index is 13.4. The number of nitrogens with zero attached hydrogens (tertiary/aromatic N) is 1. The van der Waals surface area contributed by atoms with Gasteiger partial charge in [-0.1, -0.05) is 78.9 Å². The first-order valence-corrected chi connectivity index (χ1v) is 14.1. The van der Waals surface area contributed by atoms with E-state index in [-0.39, 0.29) is 30.5 Å². The molecule has 2 heterocycles. The molecule has 5 rings (SSSR count). The number of allylic oxidation sites excluding steroid dienone is 1. The number of thioether (sulfide) groups is 1. The summed E-state index contributed by atoms with van der Waals surface area (Å²) in [6, 6.07) is 22.7. The van der Waals surface area contributed by atoms with Crippen molar-refractivity contribution in [3.05, 3.63) is 118 Å². The highest BCUT2D eigenvalue weighted by molar-refractivity contribution is 8.00. The Kier molecular flexibility index (Phi) is 8.64. The van der Waals surface area contributed by atoms with Gasteiger partial charge in [0.15, 0.2) is 0 Å². The minimum Gasteiger partial charge on any atom is -0.497 e. The van der Waals surface area contributed by atoms with Crippen molar-refractivity contribution >= 4 is 41.9 Å². The van der Waals surface area contributed by atoms with Crippen molar-refractivity contribution in [3.8, 4) is 5.75 Å². The van der Waals surface area contributed by atoms with Crippen LogP contribution >= 0.6 is 11.8 Å². The molecule has 2 amide bonds. The van der Waals surface area contributed by atoms with E-state index < -0.39 is 17.4 Å². The standard InChI is InChI=1S/C32H28N2O6S/c1-39-26-15-12-24(13-16-26)19-40-32(38)29-25(14-11-21-7-9-23(18-35)10-8-21)20-41-31-28(30(37)34(29)31)33-27(36)17-22-5-3-2-4-6-22/h2-16,18,28,31H,17,19-20H2,1H3,(H,33,36)/b14-11-/t28-,31-/m1/s1. The molecule has 2 atom stereocenters. The van der Waals surface area contributed by atoms with Crippen LogP contribution < -0.4 is 10.1 Å². The van der Waals surface area contributed by atoms with Crippen LogP contribution in [0.2, 0.25) is 0 Å². The van der Waals surface area contributed by atoms with Crippen molar-refractivity contribution in [2.75, 3.05) is 12.9 Å². The lowest BCUT2D eigenvalue weighted by Crippen LogP contribution is -2.70. The van der Waals surface area contributed by atoms with E-state index in [0.29, 0.717) is 22.6 Å². The molecule has 0 bridgehead atoms. The van der Waals surface area contributed by atoms with E-state index in [1.165, 1.54) is 16.7 Å². The second kappa shape index (κ2) is 12.7. The zero-order chi connectivity index (χ0) is 28.8. The number of carbonyl (C=O) groups excluding carboxylic acids is 4. The average molecular weight is 569 g/mol. The number of aldehydes is 1. The summed E-state index contributed by atoms with van der Waals surface area (Å²) in [6.07, 6.45) is 4.55. The van der Waals surface area contributed by atoms with E-state index in [2.05, 4.69) is 5.32 Å².